The highest BCUT2D eigenvalue weighted by molar-refractivity contribution is 6.09. The van der Waals surface area contributed by atoms with Gasteiger partial charge in [0, 0.05) is 26.6 Å². The van der Waals surface area contributed by atoms with Gasteiger partial charge >= 0.3 is 0 Å². The van der Waals surface area contributed by atoms with Gasteiger partial charge in [0.05, 0.1) is 10.5 Å². The van der Waals surface area contributed by atoms with E-state index in [1.54, 1.807) is 6.92 Å². The molecule has 0 spiro atoms. The van der Waals surface area contributed by atoms with E-state index in [1.807, 2.05) is 0 Å². The first kappa shape index (κ1) is 23.0. The van der Waals surface area contributed by atoms with Gasteiger partial charge in [-0.3, -0.25) is 19.7 Å². The van der Waals surface area contributed by atoms with Crippen LogP contribution < -0.4 is 0 Å². The number of piperazine rings is 1. The first-order valence-corrected chi connectivity index (χ1v) is 9.68. The summed E-state index contributed by atoms with van der Waals surface area (Å²) >= 11 is 0. The van der Waals surface area contributed by atoms with E-state index < -0.39 is 51.0 Å². The van der Waals surface area contributed by atoms with E-state index >= 15 is 0 Å². The van der Waals surface area contributed by atoms with Crippen LogP contribution in [-0.4, -0.2) is 46.2 Å². The zero-order valence-electron chi connectivity index (χ0n) is 17.6. The Bertz CT molecular complexity index is 1130. The number of likely N-dealkylation sites (N-methyl/N-ethyl adjacent to an activating group) is 2. The van der Waals surface area contributed by atoms with E-state index in [2.05, 4.69) is 0 Å². The van der Waals surface area contributed by atoms with Gasteiger partial charge in [-0.15, -0.1) is 0 Å². The summed E-state index contributed by atoms with van der Waals surface area (Å²) in [5, 5.41) is 11.3. The summed E-state index contributed by atoms with van der Waals surface area (Å²) in [7, 11) is 2.68. The molecule has 1 atom stereocenters. The molecule has 1 heterocycles. The Morgan fingerprint density at radius 1 is 1.06 bits per heavy atom. The number of amides is 2. The SMILES string of the molecule is CCC1(Cc2ccc(F)cc2)C(=O)N(C)C(=Cc2c([N+](=O)[O-])ccc(F)c2F)C(=O)N1C. The molecule has 2 aromatic rings. The van der Waals surface area contributed by atoms with Crippen molar-refractivity contribution in [3.05, 3.63) is 80.8 Å². The van der Waals surface area contributed by atoms with E-state index in [4.69, 9.17) is 0 Å². The van der Waals surface area contributed by atoms with Crippen molar-refractivity contribution >= 4 is 23.6 Å². The van der Waals surface area contributed by atoms with Gasteiger partial charge in [0.2, 0.25) is 0 Å². The number of halogens is 3. The molecule has 2 amide bonds. The summed E-state index contributed by atoms with van der Waals surface area (Å²) in [6.07, 6.45) is 1.12. The van der Waals surface area contributed by atoms with Crippen molar-refractivity contribution < 1.29 is 27.7 Å². The second kappa shape index (κ2) is 8.45. The first-order chi connectivity index (χ1) is 15.0. The third kappa shape index (κ3) is 3.72. The first-order valence-electron chi connectivity index (χ1n) is 9.68. The van der Waals surface area contributed by atoms with Gasteiger partial charge in [-0.2, -0.15) is 0 Å². The number of rotatable bonds is 5. The van der Waals surface area contributed by atoms with Gasteiger partial charge in [0.1, 0.15) is 17.1 Å². The highest BCUT2D eigenvalue weighted by Crippen LogP contribution is 2.35. The average molecular weight is 447 g/mol. The topological polar surface area (TPSA) is 83.8 Å². The minimum Gasteiger partial charge on any atom is -0.325 e. The molecule has 2 aromatic carbocycles. The summed E-state index contributed by atoms with van der Waals surface area (Å²) in [6, 6.07) is 6.91. The fourth-order valence-corrected chi connectivity index (χ4v) is 3.87. The van der Waals surface area contributed by atoms with Crippen LogP contribution in [-0.2, 0) is 16.0 Å². The summed E-state index contributed by atoms with van der Waals surface area (Å²) in [5.41, 5.74) is -2.52. The predicted molar refractivity (Wildman–Crippen MR) is 110 cm³/mol. The van der Waals surface area contributed by atoms with Crippen LogP contribution in [0.15, 0.2) is 42.1 Å². The monoisotopic (exact) mass is 447 g/mol. The minimum absolute atomic E-state index is 0.0942. The fraction of sp³-hybridized carbons (Fsp3) is 0.273. The van der Waals surface area contributed by atoms with E-state index in [1.165, 1.54) is 43.3 Å². The Balaban J connectivity index is 2.09. The zero-order chi connectivity index (χ0) is 23.8. The highest BCUT2D eigenvalue weighted by Gasteiger charge is 2.51. The predicted octanol–water partition coefficient (Wildman–Crippen LogP) is 3.67. The maximum Gasteiger partial charge on any atom is 0.279 e. The quantitative estimate of drug-likeness (QED) is 0.398. The summed E-state index contributed by atoms with van der Waals surface area (Å²) in [5.74, 6) is -4.49. The molecule has 10 heteroatoms. The Morgan fingerprint density at radius 3 is 2.25 bits per heavy atom. The summed E-state index contributed by atoms with van der Waals surface area (Å²) in [4.78, 5) is 39.1. The van der Waals surface area contributed by atoms with Crippen LogP contribution in [0.1, 0.15) is 24.5 Å². The van der Waals surface area contributed by atoms with Crippen molar-refractivity contribution in [1.29, 1.82) is 0 Å². The Morgan fingerprint density at radius 2 is 1.69 bits per heavy atom. The Hall–Kier alpha value is -3.69. The van der Waals surface area contributed by atoms with Gasteiger partial charge in [0.15, 0.2) is 11.6 Å². The number of benzene rings is 2. The van der Waals surface area contributed by atoms with Crippen LogP contribution in [0.5, 0.6) is 0 Å². The minimum atomic E-state index is -1.50. The van der Waals surface area contributed by atoms with Gasteiger partial charge in [-0.05, 0) is 36.3 Å². The maximum absolute atomic E-state index is 14.4. The standard InChI is InChI=1S/C22H20F3N3O4/c1-4-22(12-13-5-7-14(23)8-6-13)21(30)26(2)18(20(29)27(22)3)11-15-17(28(31)32)10-9-16(24)19(15)25/h5-11H,4,12H2,1-3H3. The molecule has 1 aliphatic rings. The molecule has 1 aliphatic heterocycles. The second-order valence-electron chi connectivity index (χ2n) is 7.50. The van der Waals surface area contributed by atoms with Crippen LogP contribution in [0.25, 0.3) is 6.08 Å². The number of nitro groups is 1. The number of carbonyl (C=O) groups excluding carboxylic acids is 2. The summed E-state index contributed by atoms with van der Waals surface area (Å²) in [6.45, 7) is 1.71. The Kier molecular flexibility index (Phi) is 6.07. The normalized spacial score (nSPS) is 20.2. The van der Waals surface area contributed by atoms with Gasteiger partial charge < -0.3 is 9.80 Å². The number of hydrogen-bond acceptors (Lipinski definition) is 4. The zero-order valence-corrected chi connectivity index (χ0v) is 17.6. The van der Waals surface area contributed by atoms with Crippen LogP contribution in [0, 0.1) is 27.6 Å². The van der Waals surface area contributed by atoms with E-state index in [-0.39, 0.29) is 18.5 Å². The molecule has 0 N–H and O–H groups in total. The number of nitro benzene ring substituents is 1. The molecule has 32 heavy (non-hydrogen) atoms. The van der Waals surface area contributed by atoms with E-state index in [0.29, 0.717) is 11.6 Å². The molecule has 1 unspecified atom stereocenters. The van der Waals surface area contributed by atoms with Gasteiger partial charge in [0.25, 0.3) is 17.5 Å². The lowest BCUT2D eigenvalue weighted by molar-refractivity contribution is -0.385. The summed E-state index contributed by atoms with van der Waals surface area (Å²) < 4.78 is 41.4. The number of hydrogen-bond donors (Lipinski definition) is 0. The molecule has 1 saturated heterocycles. The van der Waals surface area contributed by atoms with Gasteiger partial charge in [-0.1, -0.05) is 19.1 Å². The molecule has 168 valence electrons. The van der Waals surface area contributed by atoms with E-state index in [9.17, 15) is 32.9 Å². The van der Waals surface area contributed by atoms with Crippen molar-refractivity contribution in [3.63, 3.8) is 0 Å². The second-order valence-corrected chi connectivity index (χ2v) is 7.50. The lowest BCUT2D eigenvalue weighted by Crippen LogP contribution is -2.65. The van der Waals surface area contributed by atoms with Crippen molar-refractivity contribution in [2.75, 3.05) is 14.1 Å². The van der Waals surface area contributed by atoms with Crippen molar-refractivity contribution in [2.45, 2.75) is 25.3 Å². The highest BCUT2D eigenvalue weighted by atomic mass is 19.2. The lowest BCUT2D eigenvalue weighted by Gasteiger charge is -2.47. The van der Waals surface area contributed by atoms with Crippen molar-refractivity contribution in [3.8, 4) is 0 Å². The molecule has 0 radical (unpaired) electrons. The average Bonchev–Trinajstić information content (AvgIpc) is 2.77. The van der Waals surface area contributed by atoms with E-state index in [0.717, 1.165) is 17.0 Å². The van der Waals surface area contributed by atoms with Gasteiger partial charge in [-0.25, -0.2) is 13.2 Å². The van der Waals surface area contributed by atoms with Crippen LogP contribution >= 0.6 is 0 Å². The van der Waals surface area contributed by atoms with Crippen LogP contribution in [0.2, 0.25) is 0 Å². The molecular weight excluding hydrogens is 427 g/mol. The molecule has 0 aliphatic carbocycles. The molecule has 1 fully saturated rings. The third-order valence-corrected chi connectivity index (χ3v) is 5.81. The van der Waals surface area contributed by atoms with Crippen LogP contribution in [0.4, 0.5) is 18.9 Å². The molecule has 7 nitrogen and oxygen atoms in total. The third-order valence-electron chi connectivity index (χ3n) is 5.81. The smallest absolute Gasteiger partial charge is 0.279 e. The molecule has 0 bridgehead atoms. The molecule has 0 saturated carbocycles. The molecule has 0 aromatic heterocycles. The number of carbonyl (C=O) groups is 2. The van der Waals surface area contributed by atoms with Crippen molar-refractivity contribution in [1.82, 2.24) is 9.80 Å². The fourth-order valence-electron chi connectivity index (χ4n) is 3.87. The number of nitrogens with zero attached hydrogens (tertiary/aromatic N) is 3. The largest absolute Gasteiger partial charge is 0.325 e. The van der Waals surface area contributed by atoms with Crippen LogP contribution in [0.3, 0.4) is 0 Å². The van der Waals surface area contributed by atoms with Crippen molar-refractivity contribution in [2.24, 2.45) is 0 Å². The maximum atomic E-state index is 14.4. The Labute approximate surface area is 181 Å². The lowest BCUT2D eigenvalue weighted by atomic mass is 9.82. The molecule has 3 rings (SSSR count). The molecular formula is C22H20F3N3O4.